The Bertz CT molecular complexity index is 1630. The third kappa shape index (κ3) is 3.59. The minimum Gasteiger partial charge on any atom is -0.338 e. The minimum atomic E-state index is -0.318. The maximum atomic E-state index is 14.3. The Morgan fingerprint density at radius 3 is 2.53 bits per heavy atom. The Morgan fingerprint density at radius 1 is 0.889 bits per heavy atom. The summed E-state index contributed by atoms with van der Waals surface area (Å²) >= 11 is 0. The van der Waals surface area contributed by atoms with Crippen molar-refractivity contribution < 1.29 is 4.39 Å². The fourth-order valence-electron chi connectivity index (χ4n) is 5.11. The van der Waals surface area contributed by atoms with Gasteiger partial charge < -0.3 is 4.90 Å². The van der Waals surface area contributed by atoms with E-state index < -0.39 is 0 Å². The molecule has 0 atom stereocenters. The van der Waals surface area contributed by atoms with Gasteiger partial charge in [-0.3, -0.25) is 9.97 Å². The molecule has 5 aromatic rings. The summed E-state index contributed by atoms with van der Waals surface area (Å²) in [6, 6.07) is 14.6. The molecule has 0 aliphatic carbocycles. The molecule has 0 bridgehead atoms. The summed E-state index contributed by atoms with van der Waals surface area (Å²) in [7, 11) is 0. The Labute approximate surface area is 208 Å². The standard InChI is InChI=1S/C29H25FN6/c1-17-26(23-7-5-6-11-32-23)35-24-14-20(30)8-9-21(24)27(17)36-16-29(3,4)28-25(36)13-19(15-33-28)22-10-12-31-18(2)34-22/h5-15H,16H2,1-4H3. The van der Waals surface area contributed by atoms with E-state index in [-0.39, 0.29) is 11.2 Å². The van der Waals surface area contributed by atoms with Gasteiger partial charge in [0.1, 0.15) is 11.6 Å². The zero-order valence-corrected chi connectivity index (χ0v) is 20.6. The number of hydrogen-bond donors (Lipinski definition) is 0. The molecule has 1 aromatic carbocycles. The molecular formula is C29H25FN6. The number of benzene rings is 1. The van der Waals surface area contributed by atoms with Gasteiger partial charge in [-0.05, 0) is 50.2 Å². The van der Waals surface area contributed by atoms with E-state index in [0.717, 1.165) is 57.2 Å². The maximum absolute atomic E-state index is 14.3. The van der Waals surface area contributed by atoms with Gasteiger partial charge in [0.05, 0.1) is 39.7 Å². The highest BCUT2D eigenvalue weighted by atomic mass is 19.1. The molecule has 0 radical (unpaired) electrons. The van der Waals surface area contributed by atoms with Crippen molar-refractivity contribution in [2.75, 3.05) is 11.4 Å². The Morgan fingerprint density at radius 2 is 1.75 bits per heavy atom. The number of nitrogens with zero attached hydrogens (tertiary/aromatic N) is 6. The zero-order valence-electron chi connectivity index (χ0n) is 20.6. The van der Waals surface area contributed by atoms with Crippen LogP contribution in [0.15, 0.2) is 67.1 Å². The first-order chi connectivity index (χ1) is 17.3. The van der Waals surface area contributed by atoms with Crippen LogP contribution in [-0.4, -0.2) is 31.5 Å². The van der Waals surface area contributed by atoms with Gasteiger partial charge in [0.15, 0.2) is 0 Å². The molecular weight excluding hydrogens is 451 g/mol. The van der Waals surface area contributed by atoms with Crippen LogP contribution >= 0.6 is 0 Å². The molecule has 0 N–H and O–H groups in total. The van der Waals surface area contributed by atoms with Gasteiger partial charge in [-0.1, -0.05) is 19.9 Å². The van der Waals surface area contributed by atoms with Crippen molar-refractivity contribution in [1.82, 2.24) is 24.9 Å². The van der Waals surface area contributed by atoms with Crippen molar-refractivity contribution in [1.29, 1.82) is 0 Å². The first kappa shape index (κ1) is 22.2. The predicted molar refractivity (Wildman–Crippen MR) is 140 cm³/mol. The zero-order chi connectivity index (χ0) is 25.0. The largest absolute Gasteiger partial charge is 0.338 e. The van der Waals surface area contributed by atoms with Crippen LogP contribution in [0.5, 0.6) is 0 Å². The van der Waals surface area contributed by atoms with Crippen LogP contribution in [0.2, 0.25) is 0 Å². The maximum Gasteiger partial charge on any atom is 0.125 e. The smallest absolute Gasteiger partial charge is 0.125 e. The molecule has 4 aromatic heterocycles. The van der Waals surface area contributed by atoms with E-state index in [1.807, 2.05) is 43.5 Å². The summed E-state index contributed by atoms with van der Waals surface area (Å²) in [5.41, 5.74) is 7.66. The van der Waals surface area contributed by atoms with Crippen LogP contribution in [0.4, 0.5) is 15.8 Å². The molecule has 0 unspecified atom stereocenters. The minimum absolute atomic E-state index is 0.192. The highest BCUT2D eigenvalue weighted by Crippen LogP contribution is 2.48. The summed E-state index contributed by atoms with van der Waals surface area (Å²) in [5.74, 6) is 0.394. The highest BCUT2D eigenvalue weighted by molar-refractivity contribution is 5.99. The lowest BCUT2D eigenvalue weighted by Crippen LogP contribution is -2.26. The number of hydrogen-bond acceptors (Lipinski definition) is 6. The number of aromatic nitrogens is 5. The normalized spacial score (nSPS) is 14.3. The highest BCUT2D eigenvalue weighted by Gasteiger charge is 2.39. The van der Waals surface area contributed by atoms with E-state index in [9.17, 15) is 4.39 Å². The topological polar surface area (TPSA) is 67.7 Å². The third-order valence-corrected chi connectivity index (χ3v) is 6.76. The van der Waals surface area contributed by atoms with E-state index in [2.05, 4.69) is 46.7 Å². The molecule has 0 fully saturated rings. The fourth-order valence-corrected chi connectivity index (χ4v) is 5.11. The van der Waals surface area contributed by atoms with E-state index in [4.69, 9.17) is 9.97 Å². The number of halogens is 1. The van der Waals surface area contributed by atoms with Crippen molar-refractivity contribution in [3.8, 4) is 22.6 Å². The van der Waals surface area contributed by atoms with Crippen LogP contribution in [-0.2, 0) is 5.41 Å². The van der Waals surface area contributed by atoms with Crippen LogP contribution in [0, 0.1) is 19.7 Å². The summed E-state index contributed by atoms with van der Waals surface area (Å²) in [5, 5.41) is 0.889. The van der Waals surface area contributed by atoms with Crippen LogP contribution in [0.3, 0.4) is 0 Å². The van der Waals surface area contributed by atoms with Crippen molar-refractivity contribution in [2.45, 2.75) is 33.1 Å². The molecule has 0 saturated carbocycles. The van der Waals surface area contributed by atoms with E-state index in [0.29, 0.717) is 11.3 Å². The molecule has 1 aliphatic rings. The molecule has 7 heteroatoms. The van der Waals surface area contributed by atoms with Gasteiger partial charge in [0, 0.05) is 53.1 Å². The van der Waals surface area contributed by atoms with Crippen LogP contribution in [0.25, 0.3) is 33.5 Å². The molecule has 0 amide bonds. The van der Waals surface area contributed by atoms with Gasteiger partial charge in [-0.2, -0.15) is 0 Å². The van der Waals surface area contributed by atoms with Crippen molar-refractivity contribution >= 4 is 22.3 Å². The molecule has 0 saturated heterocycles. The summed E-state index contributed by atoms with van der Waals surface area (Å²) < 4.78 is 14.3. The SMILES string of the molecule is Cc1nccc(-c2cnc3c(c2)N(c2c(C)c(-c4ccccn4)nc4cc(F)ccc24)CC3(C)C)n1. The van der Waals surface area contributed by atoms with Gasteiger partial charge in [-0.25, -0.2) is 19.3 Å². The summed E-state index contributed by atoms with van der Waals surface area (Å²) in [4.78, 5) is 25.4. The van der Waals surface area contributed by atoms with Crippen molar-refractivity contribution in [2.24, 2.45) is 0 Å². The van der Waals surface area contributed by atoms with Gasteiger partial charge in [0.2, 0.25) is 0 Å². The Balaban J connectivity index is 1.62. The van der Waals surface area contributed by atoms with E-state index in [1.54, 1.807) is 12.4 Å². The second-order valence-corrected chi connectivity index (χ2v) is 9.86. The fraction of sp³-hybridized carbons (Fsp3) is 0.207. The van der Waals surface area contributed by atoms with E-state index >= 15 is 0 Å². The monoisotopic (exact) mass is 476 g/mol. The lowest BCUT2D eigenvalue weighted by molar-refractivity contribution is 0.554. The third-order valence-electron chi connectivity index (χ3n) is 6.76. The molecule has 5 heterocycles. The van der Waals surface area contributed by atoms with Crippen molar-refractivity contribution in [3.05, 3.63) is 90.0 Å². The lowest BCUT2D eigenvalue weighted by Gasteiger charge is -2.26. The first-order valence-corrected chi connectivity index (χ1v) is 11.9. The molecule has 1 aliphatic heterocycles. The number of anilines is 2. The number of pyridine rings is 3. The summed E-state index contributed by atoms with van der Waals surface area (Å²) in [6.45, 7) is 9.06. The van der Waals surface area contributed by atoms with Crippen LogP contribution in [0.1, 0.15) is 30.9 Å². The Hall–Kier alpha value is -4.26. The number of rotatable bonds is 3. The lowest BCUT2D eigenvalue weighted by atomic mass is 9.91. The second kappa shape index (κ2) is 8.16. The summed E-state index contributed by atoms with van der Waals surface area (Å²) in [6.07, 6.45) is 5.40. The second-order valence-electron chi connectivity index (χ2n) is 9.86. The van der Waals surface area contributed by atoms with Gasteiger partial charge in [0.25, 0.3) is 0 Å². The molecule has 178 valence electrons. The van der Waals surface area contributed by atoms with Crippen molar-refractivity contribution in [3.63, 3.8) is 0 Å². The molecule has 36 heavy (non-hydrogen) atoms. The number of aryl methyl sites for hydroxylation is 1. The predicted octanol–water partition coefficient (Wildman–Crippen LogP) is 6.33. The first-order valence-electron chi connectivity index (χ1n) is 11.9. The Kier molecular flexibility index (Phi) is 5.03. The average molecular weight is 477 g/mol. The van der Waals surface area contributed by atoms with E-state index in [1.165, 1.54) is 12.1 Å². The van der Waals surface area contributed by atoms with Gasteiger partial charge in [-0.15, -0.1) is 0 Å². The average Bonchev–Trinajstić information content (AvgIpc) is 3.14. The van der Waals surface area contributed by atoms with Crippen LogP contribution < -0.4 is 4.90 Å². The molecule has 0 spiro atoms. The molecule has 6 rings (SSSR count). The molecule has 6 nitrogen and oxygen atoms in total. The quantitative estimate of drug-likeness (QED) is 0.303. The van der Waals surface area contributed by atoms with Gasteiger partial charge >= 0.3 is 0 Å². The number of fused-ring (bicyclic) bond motifs is 2.